The monoisotopic (exact) mass is 527 g/mol. The molecule has 1 saturated carbocycles. The van der Waals surface area contributed by atoms with Crippen molar-refractivity contribution < 1.29 is 0 Å². The van der Waals surface area contributed by atoms with Crippen LogP contribution in [0.15, 0.2) is 41.8 Å². The van der Waals surface area contributed by atoms with Gasteiger partial charge in [0.25, 0.3) is 0 Å². The van der Waals surface area contributed by atoms with Crippen LogP contribution in [-0.4, -0.2) is 27.8 Å². The molecule has 1 unspecified atom stereocenters. The van der Waals surface area contributed by atoms with Crippen molar-refractivity contribution in [2.24, 2.45) is 13.0 Å². The Morgan fingerprint density at radius 3 is 2.16 bits per heavy atom. The minimum Gasteiger partial charge on any atom is -0.373 e. The van der Waals surface area contributed by atoms with Crippen molar-refractivity contribution in [1.82, 2.24) is 14.5 Å². The van der Waals surface area contributed by atoms with Gasteiger partial charge >= 0.3 is 0 Å². The molecule has 1 aromatic carbocycles. The van der Waals surface area contributed by atoms with Crippen molar-refractivity contribution in [3.8, 4) is 0 Å². The molecule has 3 aromatic rings. The molecule has 5 nitrogen and oxygen atoms in total. The van der Waals surface area contributed by atoms with Crippen molar-refractivity contribution in [2.45, 2.75) is 92.4 Å². The number of imidazole rings is 1. The van der Waals surface area contributed by atoms with Gasteiger partial charge in [0.15, 0.2) is 5.65 Å². The molecule has 2 N–H and O–H groups in total. The molecule has 4 rings (SSSR count). The lowest BCUT2D eigenvalue weighted by atomic mass is 9.98. The van der Waals surface area contributed by atoms with Crippen LogP contribution in [-0.2, 0) is 7.05 Å². The van der Waals surface area contributed by atoms with Crippen LogP contribution in [0.4, 0.5) is 17.2 Å². The van der Waals surface area contributed by atoms with Crippen LogP contribution in [0.3, 0.4) is 0 Å². The predicted molar refractivity (Wildman–Crippen MR) is 170 cm³/mol. The summed E-state index contributed by atoms with van der Waals surface area (Å²) in [6.07, 6.45) is 8.07. The molecular formula is C31H53N5S. The smallest absolute Gasteiger partial charge is 0.164 e. The van der Waals surface area contributed by atoms with Gasteiger partial charge in [-0.3, -0.25) is 0 Å². The van der Waals surface area contributed by atoms with Gasteiger partial charge in [0.05, 0.1) is 11.4 Å². The third kappa shape index (κ3) is 10.1. The standard InChI is InChI=1S/C20H27N5S.C5H8.3C2H6/c1-7-12(2)14-8-9-15(17(10-14)26-6)23-16-11-18(21-4)24-20-19(16)22-13(3)25(20)5;1-2-5-3-4-5;3*1-2/h8-12H,7H2,1-6H3,(H2,21,23,24);2,5H,1,3-4H2;3*1-2H3. The average Bonchev–Trinajstić information content (AvgIpc) is 3.77. The molecule has 208 valence electrons. The van der Waals surface area contributed by atoms with E-state index in [0.29, 0.717) is 5.92 Å². The van der Waals surface area contributed by atoms with E-state index in [-0.39, 0.29) is 0 Å². The van der Waals surface area contributed by atoms with E-state index in [1.54, 1.807) is 11.8 Å². The number of aryl methyl sites for hydroxylation is 2. The first-order valence-electron chi connectivity index (χ1n) is 14.0. The molecular weight excluding hydrogens is 474 g/mol. The second kappa shape index (κ2) is 18.7. The topological polar surface area (TPSA) is 54.8 Å². The molecule has 1 aliphatic carbocycles. The summed E-state index contributed by atoms with van der Waals surface area (Å²) in [6, 6.07) is 8.70. The zero-order valence-electron chi connectivity index (χ0n) is 25.6. The van der Waals surface area contributed by atoms with Crippen LogP contribution in [0.1, 0.15) is 92.0 Å². The van der Waals surface area contributed by atoms with E-state index in [2.05, 4.69) is 60.5 Å². The fourth-order valence-corrected chi connectivity index (χ4v) is 3.91. The lowest BCUT2D eigenvalue weighted by Gasteiger charge is -2.16. The van der Waals surface area contributed by atoms with E-state index in [0.717, 1.165) is 46.5 Å². The van der Waals surface area contributed by atoms with Crippen molar-refractivity contribution >= 4 is 40.1 Å². The van der Waals surface area contributed by atoms with Gasteiger partial charge in [-0.15, -0.1) is 18.3 Å². The number of pyridine rings is 1. The predicted octanol–water partition coefficient (Wildman–Crippen LogP) is 9.96. The molecule has 2 aromatic heterocycles. The second-order valence-corrected chi connectivity index (χ2v) is 9.01. The lowest BCUT2D eigenvalue weighted by Crippen LogP contribution is -2.01. The minimum atomic E-state index is 0.567. The highest BCUT2D eigenvalue weighted by Crippen LogP contribution is 2.35. The highest BCUT2D eigenvalue weighted by molar-refractivity contribution is 7.98. The van der Waals surface area contributed by atoms with Gasteiger partial charge in [-0.2, -0.15) is 0 Å². The van der Waals surface area contributed by atoms with Crippen LogP contribution in [0, 0.1) is 12.8 Å². The van der Waals surface area contributed by atoms with Gasteiger partial charge < -0.3 is 15.2 Å². The maximum Gasteiger partial charge on any atom is 0.164 e. The first-order chi connectivity index (χ1) is 17.9. The second-order valence-electron chi connectivity index (χ2n) is 8.16. The Hall–Kier alpha value is -2.47. The normalized spacial score (nSPS) is 12.2. The van der Waals surface area contributed by atoms with E-state index in [4.69, 9.17) is 4.98 Å². The third-order valence-electron chi connectivity index (χ3n) is 5.94. The Kier molecular flexibility index (Phi) is 17.5. The quantitative estimate of drug-likeness (QED) is 0.236. The molecule has 1 fully saturated rings. The van der Waals surface area contributed by atoms with Gasteiger partial charge in [-0.1, -0.05) is 67.5 Å². The summed E-state index contributed by atoms with van der Waals surface area (Å²) in [4.78, 5) is 10.6. The molecule has 0 bridgehead atoms. The number of hydrogen-bond donors (Lipinski definition) is 2. The Labute approximate surface area is 232 Å². The van der Waals surface area contributed by atoms with E-state index in [1.807, 2.05) is 79.3 Å². The first kappa shape index (κ1) is 34.5. The Bertz CT molecular complexity index is 1050. The first-order valence-corrected chi connectivity index (χ1v) is 15.2. The minimum absolute atomic E-state index is 0.567. The summed E-state index contributed by atoms with van der Waals surface area (Å²) in [7, 11) is 3.88. The number of nitrogens with zero attached hydrogens (tertiary/aromatic N) is 3. The maximum atomic E-state index is 4.70. The molecule has 6 heteroatoms. The maximum absolute atomic E-state index is 4.70. The highest BCUT2D eigenvalue weighted by atomic mass is 32.2. The van der Waals surface area contributed by atoms with Crippen LogP contribution in [0.2, 0.25) is 0 Å². The molecule has 1 aliphatic rings. The fourth-order valence-electron chi connectivity index (χ4n) is 3.31. The lowest BCUT2D eigenvalue weighted by molar-refractivity contribution is 0.732. The number of aromatic nitrogens is 3. The molecule has 0 saturated heterocycles. The molecule has 0 radical (unpaired) electrons. The summed E-state index contributed by atoms with van der Waals surface area (Å²) >= 11 is 1.76. The van der Waals surface area contributed by atoms with Crippen molar-refractivity contribution in [1.29, 1.82) is 0 Å². The third-order valence-corrected chi connectivity index (χ3v) is 6.72. The van der Waals surface area contributed by atoms with Gasteiger partial charge in [-0.05, 0) is 62.0 Å². The average molecular weight is 528 g/mol. The SMILES string of the molecule is C=CC1CC1.CC.CC.CC.CCC(C)c1ccc(Nc2cc(NC)nc3c2nc(C)n3C)c(SC)c1. The summed E-state index contributed by atoms with van der Waals surface area (Å²) in [5.74, 6) is 3.23. The van der Waals surface area contributed by atoms with Crippen molar-refractivity contribution in [2.75, 3.05) is 23.9 Å². The number of rotatable bonds is 7. The van der Waals surface area contributed by atoms with Gasteiger partial charge in [0.2, 0.25) is 0 Å². The number of allylic oxidation sites excluding steroid dienone is 1. The summed E-state index contributed by atoms with van der Waals surface area (Å²) in [5.41, 5.74) is 5.21. The Morgan fingerprint density at radius 1 is 1.08 bits per heavy atom. The highest BCUT2D eigenvalue weighted by Gasteiger charge is 2.16. The number of hydrogen-bond acceptors (Lipinski definition) is 5. The van der Waals surface area contributed by atoms with Gasteiger partial charge in [0.1, 0.15) is 17.2 Å². The molecule has 1 atom stereocenters. The Morgan fingerprint density at radius 2 is 1.70 bits per heavy atom. The van der Waals surface area contributed by atoms with E-state index < -0.39 is 0 Å². The van der Waals surface area contributed by atoms with E-state index in [9.17, 15) is 0 Å². The van der Waals surface area contributed by atoms with Crippen molar-refractivity contribution in [3.63, 3.8) is 0 Å². The molecule has 2 heterocycles. The van der Waals surface area contributed by atoms with Gasteiger partial charge in [-0.25, -0.2) is 9.97 Å². The van der Waals surface area contributed by atoms with Crippen LogP contribution in [0.5, 0.6) is 0 Å². The van der Waals surface area contributed by atoms with Crippen LogP contribution >= 0.6 is 11.8 Å². The summed E-state index contributed by atoms with van der Waals surface area (Å²) < 4.78 is 2.02. The molecule has 37 heavy (non-hydrogen) atoms. The Balaban J connectivity index is 0.00000100. The van der Waals surface area contributed by atoms with Gasteiger partial charge in [0, 0.05) is 25.1 Å². The van der Waals surface area contributed by atoms with Crippen molar-refractivity contribution in [3.05, 3.63) is 48.3 Å². The van der Waals surface area contributed by atoms with E-state index in [1.165, 1.54) is 23.3 Å². The number of thioether (sulfide) groups is 1. The van der Waals surface area contributed by atoms with Crippen LogP contribution in [0.25, 0.3) is 11.2 Å². The molecule has 0 aliphatic heterocycles. The number of fused-ring (bicyclic) bond motifs is 1. The summed E-state index contributed by atoms with van der Waals surface area (Å²) in [6.45, 7) is 22.1. The van der Waals surface area contributed by atoms with Crippen LogP contribution < -0.4 is 10.6 Å². The number of benzene rings is 1. The number of nitrogens with one attached hydrogen (secondary N) is 2. The van der Waals surface area contributed by atoms with E-state index >= 15 is 0 Å². The molecule has 0 amide bonds. The zero-order valence-corrected chi connectivity index (χ0v) is 26.4. The largest absolute Gasteiger partial charge is 0.373 e. The molecule has 0 spiro atoms. The fraction of sp³-hybridized carbons (Fsp3) is 0.548. The number of anilines is 3. The summed E-state index contributed by atoms with van der Waals surface area (Å²) in [5, 5.41) is 6.73. The zero-order chi connectivity index (χ0) is 28.5.